The highest BCUT2D eigenvalue weighted by atomic mass is 16.7. The van der Waals surface area contributed by atoms with Gasteiger partial charge in [-0.05, 0) is 23.3 Å². The van der Waals surface area contributed by atoms with E-state index in [4.69, 9.17) is 19.9 Å². The molecule has 0 radical (unpaired) electrons. The molecular weight excluding hydrogens is 368 g/mol. The fraction of sp³-hybridized carbons (Fsp3) is 0.318. The normalized spacial score (nSPS) is 28.6. The molecule has 1 aliphatic carbocycles. The van der Waals surface area contributed by atoms with Gasteiger partial charge in [-0.25, -0.2) is 4.99 Å². The zero-order valence-electron chi connectivity index (χ0n) is 16.1. The molecule has 0 bridgehead atoms. The minimum atomic E-state index is -1.62. The monoisotopic (exact) mass is 388 g/mol. The lowest BCUT2D eigenvalue weighted by Crippen LogP contribution is -2.41. The van der Waals surface area contributed by atoms with E-state index >= 15 is 0 Å². The highest BCUT2D eigenvalue weighted by molar-refractivity contribution is 6.00. The van der Waals surface area contributed by atoms with E-state index in [0.717, 1.165) is 11.1 Å². The Morgan fingerprint density at radius 3 is 2.21 bits per heavy atom. The maximum Gasteiger partial charge on any atom is 0.292 e. The maximum absolute atomic E-state index is 10.1. The first-order valence-corrected chi connectivity index (χ1v) is 9.10. The summed E-state index contributed by atoms with van der Waals surface area (Å²) in [6.45, 7) is 0.448. The average Bonchev–Trinajstić information content (AvgIpc) is 3.35. The summed E-state index contributed by atoms with van der Waals surface area (Å²) in [4.78, 5) is 4.21. The summed E-state index contributed by atoms with van der Waals surface area (Å²) in [5.41, 5.74) is 5.31. The molecular formula is C22H20N4O3. The second-order valence-electron chi connectivity index (χ2n) is 7.10. The number of rotatable bonds is 6. The average molecular weight is 388 g/mol. The third-order valence-electron chi connectivity index (χ3n) is 5.94. The summed E-state index contributed by atoms with van der Waals surface area (Å²) in [6.07, 6.45) is 0. The Morgan fingerprint density at radius 1 is 1.00 bits per heavy atom. The maximum atomic E-state index is 10.1. The Balaban J connectivity index is 1.63. The van der Waals surface area contributed by atoms with E-state index in [1.54, 1.807) is 0 Å². The molecule has 1 aliphatic heterocycles. The van der Waals surface area contributed by atoms with Crippen molar-refractivity contribution in [3.8, 4) is 17.9 Å². The van der Waals surface area contributed by atoms with Crippen molar-refractivity contribution >= 4 is 5.84 Å². The van der Waals surface area contributed by atoms with Crippen molar-refractivity contribution in [2.75, 3.05) is 14.2 Å². The van der Waals surface area contributed by atoms with Gasteiger partial charge in [-0.3, -0.25) is 0 Å². The first-order valence-electron chi connectivity index (χ1n) is 9.10. The molecule has 0 saturated heterocycles. The van der Waals surface area contributed by atoms with Gasteiger partial charge in [0.05, 0.1) is 12.1 Å². The number of nitriles is 2. The predicted octanol–water partition coefficient (Wildman–Crippen LogP) is 2.70. The summed E-state index contributed by atoms with van der Waals surface area (Å²) in [7, 11) is 2.78. The van der Waals surface area contributed by atoms with E-state index in [-0.39, 0.29) is 5.84 Å². The van der Waals surface area contributed by atoms with Crippen LogP contribution in [0, 0.1) is 33.5 Å². The van der Waals surface area contributed by atoms with Crippen LogP contribution in [0.1, 0.15) is 17.0 Å². The lowest BCUT2D eigenvalue weighted by Gasteiger charge is -2.29. The molecule has 146 valence electrons. The van der Waals surface area contributed by atoms with Gasteiger partial charge in [0.15, 0.2) is 5.41 Å². The molecule has 7 heteroatoms. The van der Waals surface area contributed by atoms with Gasteiger partial charge in [0.25, 0.3) is 5.91 Å². The smallest absolute Gasteiger partial charge is 0.292 e. The number of methoxy groups -OCH3 is 2. The number of fused-ring (bicyclic) bond motifs is 1. The summed E-state index contributed by atoms with van der Waals surface area (Å²) in [5, 5.41) is 20.0. The van der Waals surface area contributed by atoms with Crippen LogP contribution in [0.5, 0.6) is 5.75 Å². The SMILES string of the molecule is COC1(OC)N=C(N)[C@]2(C#N)[C@@H](c3ccc(OCc4ccccc4)cc3)[C@@]12C#N. The van der Waals surface area contributed by atoms with Crippen molar-refractivity contribution in [1.29, 1.82) is 10.5 Å². The zero-order valence-corrected chi connectivity index (χ0v) is 16.1. The van der Waals surface area contributed by atoms with E-state index in [1.165, 1.54) is 14.2 Å². The van der Waals surface area contributed by atoms with Gasteiger partial charge in [-0.1, -0.05) is 42.5 Å². The highest BCUT2D eigenvalue weighted by Crippen LogP contribution is 2.81. The van der Waals surface area contributed by atoms with Crippen molar-refractivity contribution in [1.82, 2.24) is 0 Å². The molecule has 0 amide bonds. The van der Waals surface area contributed by atoms with E-state index in [1.807, 2.05) is 54.6 Å². The third-order valence-corrected chi connectivity index (χ3v) is 5.94. The van der Waals surface area contributed by atoms with E-state index in [9.17, 15) is 10.5 Å². The first-order chi connectivity index (χ1) is 14.0. The topological polar surface area (TPSA) is 114 Å². The predicted molar refractivity (Wildman–Crippen MR) is 104 cm³/mol. The van der Waals surface area contributed by atoms with E-state index < -0.39 is 22.7 Å². The molecule has 2 aliphatic rings. The van der Waals surface area contributed by atoms with Crippen molar-refractivity contribution < 1.29 is 14.2 Å². The van der Waals surface area contributed by atoms with Crippen LogP contribution in [-0.4, -0.2) is 26.0 Å². The molecule has 4 rings (SSSR count). The molecule has 29 heavy (non-hydrogen) atoms. The summed E-state index contributed by atoms with van der Waals surface area (Å²) in [6, 6.07) is 21.6. The van der Waals surface area contributed by atoms with Crippen LogP contribution in [0.25, 0.3) is 0 Å². The second kappa shape index (κ2) is 6.59. The minimum Gasteiger partial charge on any atom is -0.489 e. The van der Waals surface area contributed by atoms with Gasteiger partial charge >= 0.3 is 0 Å². The largest absolute Gasteiger partial charge is 0.489 e. The van der Waals surface area contributed by atoms with Crippen LogP contribution >= 0.6 is 0 Å². The van der Waals surface area contributed by atoms with Crippen molar-refractivity contribution in [2.24, 2.45) is 21.6 Å². The molecule has 3 atom stereocenters. The van der Waals surface area contributed by atoms with Crippen molar-refractivity contribution in [2.45, 2.75) is 18.4 Å². The summed E-state index contributed by atoms with van der Waals surface area (Å²) < 4.78 is 16.8. The standard InChI is InChI=1S/C22H20N4O3/c1-27-22(28-2)21(14-24)18(20(21,13-23)19(25)26-22)16-8-10-17(11-9-16)29-12-15-6-4-3-5-7-15/h3-11,18H,12H2,1-2H3,(H2,25,26)/t18-,20+,21-/m1/s1. The molecule has 0 aromatic heterocycles. The molecule has 1 saturated carbocycles. The van der Waals surface area contributed by atoms with E-state index in [0.29, 0.717) is 12.4 Å². The van der Waals surface area contributed by atoms with Crippen molar-refractivity contribution in [3.05, 3.63) is 65.7 Å². The molecule has 0 spiro atoms. The Labute approximate surface area is 168 Å². The lowest BCUT2D eigenvalue weighted by atomic mass is 9.93. The Bertz CT molecular complexity index is 1030. The molecule has 2 aromatic carbocycles. The van der Waals surface area contributed by atoms with Gasteiger partial charge < -0.3 is 19.9 Å². The van der Waals surface area contributed by atoms with Crippen molar-refractivity contribution in [3.63, 3.8) is 0 Å². The van der Waals surface area contributed by atoms with Crippen LogP contribution in [-0.2, 0) is 16.1 Å². The van der Waals surface area contributed by atoms with Gasteiger partial charge in [0.1, 0.15) is 23.6 Å². The van der Waals surface area contributed by atoms with E-state index in [2.05, 4.69) is 17.1 Å². The molecule has 2 aromatic rings. The van der Waals surface area contributed by atoms with Gasteiger partial charge in [-0.15, -0.1) is 0 Å². The molecule has 7 nitrogen and oxygen atoms in total. The van der Waals surface area contributed by atoms with Gasteiger partial charge in [-0.2, -0.15) is 10.5 Å². The highest BCUT2D eigenvalue weighted by Gasteiger charge is 2.93. The number of hydrogen-bond acceptors (Lipinski definition) is 7. The van der Waals surface area contributed by atoms with Crippen LogP contribution in [0.15, 0.2) is 59.6 Å². The second-order valence-corrected chi connectivity index (χ2v) is 7.10. The Morgan fingerprint density at radius 2 is 1.66 bits per heavy atom. The number of benzene rings is 2. The van der Waals surface area contributed by atoms with Gasteiger partial charge in [0, 0.05) is 20.1 Å². The van der Waals surface area contributed by atoms with Crippen LogP contribution in [0.3, 0.4) is 0 Å². The summed E-state index contributed by atoms with van der Waals surface area (Å²) >= 11 is 0. The molecule has 1 fully saturated rings. The quantitative estimate of drug-likeness (QED) is 0.761. The Hall–Kier alpha value is -3.39. The fourth-order valence-electron chi connectivity index (χ4n) is 4.52. The van der Waals surface area contributed by atoms with Crippen LogP contribution in [0.4, 0.5) is 0 Å². The number of hydrogen-bond donors (Lipinski definition) is 1. The number of nitrogens with two attached hydrogens (primary N) is 1. The molecule has 0 unspecified atom stereocenters. The number of amidine groups is 1. The minimum absolute atomic E-state index is 0.0552. The Kier molecular flexibility index (Phi) is 4.31. The third kappa shape index (κ3) is 2.26. The molecule has 2 N–H and O–H groups in total. The number of aliphatic imine (C=N–C) groups is 1. The first kappa shape index (κ1) is 18.9. The number of ether oxygens (including phenoxy) is 3. The fourth-order valence-corrected chi connectivity index (χ4v) is 4.52. The lowest BCUT2D eigenvalue weighted by molar-refractivity contribution is -0.230. The molecule has 1 heterocycles. The van der Waals surface area contributed by atoms with Crippen LogP contribution in [0.2, 0.25) is 0 Å². The van der Waals surface area contributed by atoms with Crippen LogP contribution < -0.4 is 10.5 Å². The zero-order chi connectivity index (χ0) is 20.7. The summed E-state index contributed by atoms with van der Waals surface area (Å²) in [5.74, 6) is -1.40. The van der Waals surface area contributed by atoms with Gasteiger partial charge in [0.2, 0.25) is 0 Å². The number of nitrogens with zero attached hydrogens (tertiary/aromatic N) is 3.